The summed E-state index contributed by atoms with van der Waals surface area (Å²) >= 11 is 8.01. The van der Waals surface area contributed by atoms with Crippen LogP contribution in [0.4, 0.5) is 0 Å². The van der Waals surface area contributed by atoms with Crippen molar-refractivity contribution >= 4 is 64.9 Å². The quantitative estimate of drug-likeness (QED) is 0.259. The zero-order valence-corrected chi connectivity index (χ0v) is 8.99. The van der Waals surface area contributed by atoms with Crippen LogP contribution < -0.4 is 0 Å². The van der Waals surface area contributed by atoms with Crippen LogP contribution in [0.3, 0.4) is 0 Å². The van der Waals surface area contributed by atoms with Crippen LogP contribution in [0.1, 0.15) is 0 Å². The topological polar surface area (TPSA) is 63.6 Å². The van der Waals surface area contributed by atoms with Gasteiger partial charge >= 0.3 is 29.6 Å². The van der Waals surface area contributed by atoms with E-state index >= 15 is 0 Å². The summed E-state index contributed by atoms with van der Waals surface area (Å²) in [6.45, 7) is 0.325. The van der Waals surface area contributed by atoms with Gasteiger partial charge in [0, 0.05) is 11.0 Å². The Bertz CT molecular complexity index is 206. The predicted molar refractivity (Wildman–Crippen MR) is 61.0 cm³/mol. The molecule has 0 amide bonds. The standard InChI is InChI=1S/C5H12O4S3.Na.H/c6-12(7,8)2-1-9-3-5(11)4-10;;/h5,10-11H,1-4H2,(H,6,7,8);;. The number of ether oxygens (including phenoxy) is 1. The first-order valence-corrected chi connectivity index (χ1v) is 6.03. The van der Waals surface area contributed by atoms with Gasteiger partial charge in [-0.3, -0.25) is 4.55 Å². The molecule has 1 unspecified atom stereocenters. The van der Waals surface area contributed by atoms with Crippen molar-refractivity contribution in [3.63, 3.8) is 0 Å². The molecule has 1 N–H and O–H groups in total. The predicted octanol–water partition coefficient (Wildman–Crippen LogP) is -0.530. The van der Waals surface area contributed by atoms with Crippen LogP contribution in [-0.4, -0.2) is 72.5 Å². The zero-order chi connectivity index (χ0) is 9.61. The molecule has 0 aromatic rings. The van der Waals surface area contributed by atoms with Gasteiger partial charge in [0.05, 0.1) is 19.0 Å². The van der Waals surface area contributed by atoms with Crippen molar-refractivity contribution in [3.8, 4) is 0 Å². The molecule has 0 aromatic carbocycles. The third kappa shape index (κ3) is 13.6. The van der Waals surface area contributed by atoms with E-state index < -0.39 is 10.1 Å². The summed E-state index contributed by atoms with van der Waals surface area (Å²) in [6, 6.07) is 0. The fraction of sp³-hybridized carbons (Fsp3) is 1.00. The van der Waals surface area contributed by atoms with Crippen molar-refractivity contribution < 1.29 is 17.7 Å². The second-order valence-electron chi connectivity index (χ2n) is 2.20. The molecule has 4 nitrogen and oxygen atoms in total. The molecule has 13 heavy (non-hydrogen) atoms. The Hall–Kier alpha value is 1.57. The van der Waals surface area contributed by atoms with E-state index in [0.717, 1.165) is 0 Å². The van der Waals surface area contributed by atoms with Crippen molar-refractivity contribution in [3.05, 3.63) is 0 Å². The van der Waals surface area contributed by atoms with Crippen molar-refractivity contribution in [2.24, 2.45) is 0 Å². The fourth-order valence-electron chi connectivity index (χ4n) is 0.436. The molecule has 76 valence electrons. The fourth-order valence-corrected chi connectivity index (χ4v) is 0.976. The molecule has 0 heterocycles. The Labute approximate surface area is 112 Å². The van der Waals surface area contributed by atoms with Gasteiger partial charge in [-0.05, 0) is 0 Å². The Kier molecular flexibility index (Phi) is 11.6. The van der Waals surface area contributed by atoms with Crippen LogP contribution in [0.5, 0.6) is 0 Å². The summed E-state index contributed by atoms with van der Waals surface area (Å²) < 4.78 is 33.6. The average molecular weight is 256 g/mol. The number of thiol groups is 2. The average Bonchev–Trinajstić information content (AvgIpc) is 1.96. The van der Waals surface area contributed by atoms with Crippen LogP contribution in [0.25, 0.3) is 0 Å². The molecule has 8 heteroatoms. The van der Waals surface area contributed by atoms with Crippen molar-refractivity contribution in [1.29, 1.82) is 0 Å². The maximum atomic E-state index is 10.2. The monoisotopic (exact) mass is 256 g/mol. The molecule has 0 aromatic heterocycles. The third-order valence-corrected chi connectivity index (χ3v) is 2.75. The van der Waals surface area contributed by atoms with Gasteiger partial charge < -0.3 is 4.74 Å². The Morgan fingerprint density at radius 2 is 2.00 bits per heavy atom. The summed E-state index contributed by atoms with van der Waals surface area (Å²) in [5.41, 5.74) is 0. The van der Waals surface area contributed by atoms with Crippen molar-refractivity contribution in [1.82, 2.24) is 0 Å². The van der Waals surface area contributed by atoms with E-state index in [2.05, 4.69) is 25.3 Å². The Balaban J connectivity index is 0. The van der Waals surface area contributed by atoms with Crippen molar-refractivity contribution in [2.45, 2.75) is 5.25 Å². The first-order chi connectivity index (χ1) is 5.45. The Morgan fingerprint density at radius 3 is 2.38 bits per heavy atom. The summed E-state index contributed by atoms with van der Waals surface area (Å²) in [7, 11) is -3.90. The van der Waals surface area contributed by atoms with Gasteiger partial charge in [0.25, 0.3) is 10.1 Å². The first kappa shape index (κ1) is 17.0. The van der Waals surface area contributed by atoms with E-state index in [4.69, 9.17) is 9.29 Å². The molecule has 0 aliphatic rings. The van der Waals surface area contributed by atoms with Crippen molar-refractivity contribution in [2.75, 3.05) is 24.7 Å². The van der Waals surface area contributed by atoms with Gasteiger partial charge in [0.1, 0.15) is 0 Å². The van der Waals surface area contributed by atoms with Crippen LogP contribution in [0.2, 0.25) is 0 Å². The molecule has 0 aliphatic carbocycles. The molecule has 0 spiro atoms. The third-order valence-electron chi connectivity index (χ3n) is 1.01. The molecule has 0 bridgehead atoms. The normalized spacial score (nSPS) is 13.5. The number of rotatable bonds is 6. The van der Waals surface area contributed by atoms with Gasteiger partial charge in [-0.25, -0.2) is 0 Å². The molecule has 0 saturated heterocycles. The van der Waals surface area contributed by atoms with E-state index in [1.165, 1.54) is 0 Å². The SMILES string of the molecule is O=S(=O)(O)CCOCC(S)CS.[NaH]. The van der Waals surface area contributed by atoms with Crippen LogP contribution in [0.15, 0.2) is 0 Å². The van der Waals surface area contributed by atoms with Crippen LogP contribution >= 0.6 is 25.3 Å². The molecular weight excluding hydrogens is 243 g/mol. The zero-order valence-electron chi connectivity index (χ0n) is 6.38. The van der Waals surface area contributed by atoms with Gasteiger partial charge in [0.2, 0.25) is 0 Å². The molecule has 0 aliphatic heterocycles. The molecule has 0 fully saturated rings. The van der Waals surface area contributed by atoms with E-state index in [0.29, 0.717) is 12.4 Å². The molecular formula is C5H13NaO4S3. The molecule has 0 radical (unpaired) electrons. The molecule has 1 atom stereocenters. The summed E-state index contributed by atoms with van der Waals surface area (Å²) in [5.74, 6) is 0.190. The summed E-state index contributed by atoms with van der Waals surface area (Å²) in [5, 5.41) is -0.00488. The second-order valence-corrected chi connectivity index (χ2v) is 4.86. The van der Waals surface area contributed by atoms with E-state index in [1.54, 1.807) is 0 Å². The van der Waals surface area contributed by atoms with E-state index in [9.17, 15) is 8.42 Å². The number of hydrogen-bond donors (Lipinski definition) is 3. The summed E-state index contributed by atoms with van der Waals surface area (Å²) in [6.07, 6.45) is 0. The molecule has 0 saturated carbocycles. The van der Waals surface area contributed by atoms with E-state index in [1.807, 2.05) is 0 Å². The number of hydrogen-bond acceptors (Lipinski definition) is 5. The van der Waals surface area contributed by atoms with Gasteiger partial charge in [-0.1, -0.05) is 0 Å². The second kappa shape index (κ2) is 8.84. The van der Waals surface area contributed by atoms with Gasteiger partial charge in [-0.2, -0.15) is 33.7 Å². The molecule has 0 rings (SSSR count). The Morgan fingerprint density at radius 1 is 1.46 bits per heavy atom. The van der Waals surface area contributed by atoms with Gasteiger partial charge in [0.15, 0.2) is 0 Å². The summed E-state index contributed by atoms with van der Waals surface area (Å²) in [4.78, 5) is 0. The first-order valence-electron chi connectivity index (χ1n) is 3.27. The van der Waals surface area contributed by atoms with Crippen LogP contribution in [-0.2, 0) is 14.9 Å². The minimum atomic E-state index is -3.90. The van der Waals surface area contributed by atoms with E-state index in [-0.39, 0.29) is 47.2 Å². The van der Waals surface area contributed by atoms with Gasteiger partial charge in [-0.15, -0.1) is 0 Å². The van der Waals surface area contributed by atoms with Crippen LogP contribution in [0, 0.1) is 0 Å². The minimum absolute atomic E-state index is 0. The maximum absolute atomic E-state index is 10.2.